The van der Waals surface area contributed by atoms with Crippen LogP contribution in [0.2, 0.25) is 0 Å². The quantitative estimate of drug-likeness (QED) is 0.839. The lowest BCUT2D eigenvalue weighted by Gasteiger charge is -2.26. The Labute approximate surface area is 156 Å². The highest BCUT2D eigenvalue weighted by atomic mass is 32.1. The van der Waals surface area contributed by atoms with Crippen molar-refractivity contribution in [1.29, 1.82) is 0 Å². The third-order valence-corrected chi connectivity index (χ3v) is 5.72. The number of rotatable bonds is 4. The van der Waals surface area contributed by atoms with Gasteiger partial charge in [-0.2, -0.15) is 0 Å². The molecule has 1 aromatic heterocycles. The maximum Gasteiger partial charge on any atom is 0.226 e. The van der Waals surface area contributed by atoms with Crippen LogP contribution in [0.15, 0.2) is 24.3 Å². The summed E-state index contributed by atoms with van der Waals surface area (Å²) in [6, 6.07) is 7.77. The van der Waals surface area contributed by atoms with E-state index < -0.39 is 0 Å². The molecule has 2 aromatic rings. The van der Waals surface area contributed by atoms with Crippen LogP contribution < -0.4 is 15.0 Å². The van der Waals surface area contributed by atoms with Crippen LogP contribution in [0, 0.1) is 12.3 Å². The van der Waals surface area contributed by atoms with Gasteiger partial charge in [0.25, 0.3) is 0 Å². The van der Waals surface area contributed by atoms with Gasteiger partial charge in [0.1, 0.15) is 18.2 Å². The van der Waals surface area contributed by atoms with Crippen molar-refractivity contribution in [2.75, 3.05) is 43.1 Å². The Morgan fingerprint density at radius 1 is 1.35 bits per heavy atom. The first-order chi connectivity index (χ1) is 12.7. The van der Waals surface area contributed by atoms with Crippen LogP contribution in [-0.2, 0) is 9.53 Å². The van der Waals surface area contributed by atoms with Crippen molar-refractivity contribution in [3.05, 3.63) is 34.7 Å². The summed E-state index contributed by atoms with van der Waals surface area (Å²) in [5.41, 5.74) is 1.08. The minimum absolute atomic E-state index is 0.00557. The maximum absolute atomic E-state index is 12.2. The van der Waals surface area contributed by atoms with E-state index in [2.05, 4.69) is 21.1 Å². The molecule has 6 nitrogen and oxygen atoms in total. The summed E-state index contributed by atoms with van der Waals surface area (Å²) in [5, 5.41) is 3.86. The number of morpholine rings is 1. The lowest BCUT2D eigenvalue weighted by Crippen LogP contribution is -2.36. The first-order valence-corrected chi connectivity index (χ1v) is 9.36. The summed E-state index contributed by atoms with van der Waals surface area (Å²) in [6.07, 6.45) is 5.64. The van der Waals surface area contributed by atoms with E-state index in [9.17, 15) is 4.79 Å². The standard InChI is InChI=1S/C19H19N3O3S/c1-2-9-25-14-5-3-13(4-6-14)15-12-16(23)20-18-17(15)26-19(21-18)22-7-10-24-11-8-22/h1,3-6,15H,7-12H2,(H,20,23)/t15-/m0/s1. The molecule has 1 saturated heterocycles. The number of nitrogens with one attached hydrogen (secondary N) is 1. The number of hydrogen-bond donors (Lipinski definition) is 1. The van der Waals surface area contributed by atoms with E-state index in [0.717, 1.165) is 34.4 Å². The number of carbonyl (C=O) groups excluding carboxylic acids is 1. The third kappa shape index (κ3) is 3.39. The van der Waals surface area contributed by atoms with Crippen LogP contribution in [0.25, 0.3) is 0 Å². The lowest BCUT2D eigenvalue weighted by atomic mass is 9.91. The fourth-order valence-corrected chi connectivity index (χ4v) is 4.39. The van der Waals surface area contributed by atoms with Crippen LogP contribution >= 0.6 is 11.3 Å². The molecule has 3 heterocycles. The van der Waals surface area contributed by atoms with Gasteiger partial charge >= 0.3 is 0 Å². The predicted molar refractivity (Wildman–Crippen MR) is 101 cm³/mol. The van der Waals surface area contributed by atoms with Crippen LogP contribution in [-0.4, -0.2) is 43.8 Å². The molecule has 0 saturated carbocycles. The van der Waals surface area contributed by atoms with Gasteiger partial charge in [0.15, 0.2) is 5.13 Å². The van der Waals surface area contributed by atoms with Gasteiger partial charge in [0.2, 0.25) is 5.91 Å². The van der Waals surface area contributed by atoms with Crippen LogP contribution in [0.5, 0.6) is 5.75 Å². The summed E-state index contributed by atoms with van der Waals surface area (Å²) >= 11 is 1.65. The first kappa shape index (κ1) is 16.9. The van der Waals surface area contributed by atoms with Crippen molar-refractivity contribution < 1.29 is 14.3 Å². The normalized spacial score (nSPS) is 19.4. The smallest absolute Gasteiger partial charge is 0.226 e. The van der Waals surface area contributed by atoms with Gasteiger partial charge < -0.3 is 19.7 Å². The number of nitrogens with zero attached hydrogens (tertiary/aromatic N) is 2. The van der Waals surface area contributed by atoms with Crippen molar-refractivity contribution in [3.8, 4) is 18.1 Å². The molecule has 0 bridgehead atoms. The summed E-state index contributed by atoms with van der Waals surface area (Å²) in [5.74, 6) is 3.87. The number of fused-ring (bicyclic) bond motifs is 1. The zero-order chi connectivity index (χ0) is 17.9. The van der Waals surface area contributed by atoms with E-state index in [1.165, 1.54) is 0 Å². The fraction of sp³-hybridized carbons (Fsp3) is 0.368. The average molecular weight is 369 g/mol. The number of carbonyl (C=O) groups is 1. The van der Waals surface area contributed by atoms with Crippen LogP contribution in [0.4, 0.5) is 10.9 Å². The predicted octanol–water partition coefficient (Wildman–Crippen LogP) is 2.47. The Hall–Kier alpha value is -2.56. The number of hydrogen-bond acceptors (Lipinski definition) is 6. The SMILES string of the molecule is C#CCOc1ccc([C@@H]2CC(=O)Nc3nc(N4CCOCC4)sc32)cc1. The molecule has 1 N–H and O–H groups in total. The molecule has 7 heteroatoms. The summed E-state index contributed by atoms with van der Waals surface area (Å²) < 4.78 is 10.8. The Kier molecular flexibility index (Phi) is 4.78. The lowest BCUT2D eigenvalue weighted by molar-refractivity contribution is -0.116. The number of aromatic nitrogens is 1. The van der Waals surface area contributed by atoms with E-state index >= 15 is 0 Å². The first-order valence-electron chi connectivity index (χ1n) is 8.54. The topological polar surface area (TPSA) is 63.7 Å². The van der Waals surface area contributed by atoms with Crippen molar-refractivity contribution in [1.82, 2.24) is 4.98 Å². The van der Waals surface area contributed by atoms with Crippen LogP contribution in [0.1, 0.15) is 22.8 Å². The van der Waals surface area contributed by atoms with E-state index in [1.54, 1.807) is 11.3 Å². The number of thiazole rings is 1. The van der Waals surface area contributed by atoms with E-state index in [0.29, 0.717) is 25.5 Å². The van der Waals surface area contributed by atoms with Gasteiger partial charge in [0.05, 0.1) is 18.1 Å². The Morgan fingerprint density at radius 2 is 2.12 bits per heavy atom. The molecule has 2 aliphatic rings. The number of anilines is 2. The second kappa shape index (κ2) is 7.36. The zero-order valence-electron chi connectivity index (χ0n) is 14.2. The van der Waals surface area contributed by atoms with Crippen molar-refractivity contribution in [2.24, 2.45) is 0 Å². The van der Waals surface area contributed by atoms with Gasteiger partial charge in [-0.15, -0.1) is 6.42 Å². The molecule has 134 valence electrons. The fourth-order valence-electron chi connectivity index (χ4n) is 3.19. The molecule has 4 rings (SSSR count). The number of terminal acetylenes is 1. The number of benzene rings is 1. The number of ether oxygens (including phenoxy) is 2. The van der Waals surface area contributed by atoms with Gasteiger partial charge in [-0.25, -0.2) is 4.98 Å². The Bertz CT molecular complexity index is 835. The summed E-state index contributed by atoms with van der Waals surface area (Å²) in [4.78, 5) is 20.2. The zero-order valence-corrected chi connectivity index (χ0v) is 15.1. The van der Waals surface area contributed by atoms with Crippen molar-refractivity contribution in [3.63, 3.8) is 0 Å². The largest absolute Gasteiger partial charge is 0.481 e. The molecule has 0 unspecified atom stereocenters. The molecule has 0 radical (unpaired) electrons. The van der Waals surface area contributed by atoms with Crippen molar-refractivity contribution in [2.45, 2.75) is 12.3 Å². The van der Waals surface area contributed by atoms with Crippen LogP contribution in [0.3, 0.4) is 0 Å². The molecule has 1 aromatic carbocycles. The van der Waals surface area contributed by atoms with Gasteiger partial charge in [-0.05, 0) is 17.7 Å². The molecule has 0 spiro atoms. The summed E-state index contributed by atoms with van der Waals surface area (Å²) in [6.45, 7) is 3.31. The Morgan fingerprint density at radius 3 is 2.85 bits per heavy atom. The third-order valence-electron chi connectivity index (χ3n) is 4.49. The van der Waals surface area contributed by atoms with Crippen molar-refractivity contribution >= 4 is 28.2 Å². The molecular weight excluding hydrogens is 350 g/mol. The summed E-state index contributed by atoms with van der Waals surface area (Å²) in [7, 11) is 0. The molecule has 1 amide bonds. The molecule has 2 aliphatic heterocycles. The molecule has 0 aliphatic carbocycles. The monoisotopic (exact) mass is 369 g/mol. The molecule has 1 atom stereocenters. The highest BCUT2D eigenvalue weighted by Gasteiger charge is 2.31. The van der Waals surface area contributed by atoms with E-state index in [4.69, 9.17) is 15.9 Å². The minimum atomic E-state index is -0.00557. The second-order valence-corrected chi connectivity index (χ2v) is 7.18. The maximum atomic E-state index is 12.2. The van der Waals surface area contributed by atoms with Gasteiger partial charge in [0, 0.05) is 25.4 Å². The average Bonchev–Trinajstić information content (AvgIpc) is 3.11. The molecule has 1 fully saturated rings. The Balaban J connectivity index is 1.61. The molecule has 26 heavy (non-hydrogen) atoms. The van der Waals surface area contributed by atoms with E-state index in [-0.39, 0.29) is 18.4 Å². The number of amides is 1. The highest BCUT2D eigenvalue weighted by Crippen LogP contribution is 2.43. The van der Waals surface area contributed by atoms with E-state index in [1.807, 2.05) is 24.3 Å². The molecular formula is C19H19N3O3S. The minimum Gasteiger partial charge on any atom is -0.481 e. The second-order valence-electron chi connectivity index (χ2n) is 6.18. The van der Waals surface area contributed by atoms with Gasteiger partial charge in [-0.1, -0.05) is 29.4 Å². The van der Waals surface area contributed by atoms with Gasteiger partial charge in [-0.3, -0.25) is 4.79 Å². The highest BCUT2D eigenvalue weighted by molar-refractivity contribution is 7.16.